The van der Waals surface area contributed by atoms with Crippen LogP contribution in [0, 0.1) is 11.8 Å². The van der Waals surface area contributed by atoms with E-state index in [1.807, 2.05) is 0 Å². The Bertz CT molecular complexity index is 1300. The van der Waals surface area contributed by atoms with Crippen LogP contribution in [0.3, 0.4) is 0 Å². The van der Waals surface area contributed by atoms with E-state index in [1.54, 1.807) is 39.8 Å². The third kappa shape index (κ3) is 7.07. The summed E-state index contributed by atoms with van der Waals surface area (Å²) in [5.74, 6) is -3.40. The third-order valence-electron chi connectivity index (χ3n) is 6.83. The fourth-order valence-corrected chi connectivity index (χ4v) is 4.68. The Morgan fingerprint density at radius 3 is 1.36 bits per heavy atom. The highest BCUT2D eigenvalue weighted by molar-refractivity contribution is 6.32. The highest BCUT2D eigenvalue weighted by Gasteiger charge is 2.34. The van der Waals surface area contributed by atoms with Gasteiger partial charge in [0.25, 0.3) is 0 Å². The molecule has 42 heavy (non-hydrogen) atoms. The van der Waals surface area contributed by atoms with Crippen LogP contribution in [-0.4, -0.2) is 74.7 Å². The molecule has 2 aromatic rings. The first kappa shape index (κ1) is 32.1. The zero-order valence-corrected chi connectivity index (χ0v) is 24.5. The summed E-state index contributed by atoms with van der Waals surface area (Å²) < 4.78 is 9.56. The number of nitrogens with one attached hydrogen (secondary N) is 4. The van der Waals surface area contributed by atoms with Crippen LogP contribution in [-0.2, 0) is 28.7 Å². The zero-order valence-electron chi connectivity index (χ0n) is 24.5. The Labute approximate surface area is 243 Å². The average molecular weight is 581 g/mol. The first-order valence-corrected chi connectivity index (χ1v) is 13.5. The van der Waals surface area contributed by atoms with Gasteiger partial charge in [-0.15, -0.1) is 0 Å². The van der Waals surface area contributed by atoms with Crippen molar-refractivity contribution < 1.29 is 38.2 Å². The quantitative estimate of drug-likeness (QED) is 0.232. The minimum absolute atomic E-state index is 0.0119. The molecule has 224 valence electrons. The number of anilines is 2. The van der Waals surface area contributed by atoms with Gasteiger partial charge >= 0.3 is 11.9 Å². The van der Waals surface area contributed by atoms with Crippen molar-refractivity contribution in [3.05, 3.63) is 58.7 Å². The number of methoxy groups -OCH3 is 2. The highest BCUT2D eigenvalue weighted by atomic mass is 16.5. The smallest absolute Gasteiger partial charge is 0.323 e. The van der Waals surface area contributed by atoms with Crippen LogP contribution in [0.2, 0.25) is 0 Å². The number of carbonyl (C=O) groups is 6. The van der Waals surface area contributed by atoms with E-state index in [0.717, 1.165) is 0 Å². The fraction of sp³-hybridized carbons (Fsp3) is 0.400. The molecular formula is C30H36N4O8. The molecule has 12 nitrogen and oxygen atoms in total. The van der Waals surface area contributed by atoms with Gasteiger partial charge in [-0.25, -0.2) is 0 Å². The van der Waals surface area contributed by atoms with Crippen molar-refractivity contribution in [1.82, 2.24) is 10.6 Å². The maximum Gasteiger partial charge on any atom is 0.323 e. The van der Waals surface area contributed by atoms with Gasteiger partial charge in [-0.3, -0.25) is 39.4 Å². The molecule has 0 saturated heterocycles. The molecule has 2 aromatic carbocycles. The van der Waals surface area contributed by atoms with Gasteiger partial charge in [-0.1, -0.05) is 52.0 Å². The van der Waals surface area contributed by atoms with Crippen molar-refractivity contribution in [2.24, 2.45) is 11.8 Å². The summed E-state index contributed by atoms with van der Waals surface area (Å²) in [5, 5.41) is 11.0. The summed E-state index contributed by atoms with van der Waals surface area (Å²) in [4.78, 5) is 76.9. The van der Waals surface area contributed by atoms with Gasteiger partial charge in [0.15, 0.2) is 11.6 Å². The van der Waals surface area contributed by atoms with Gasteiger partial charge in [0, 0.05) is 11.1 Å². The Kier molecular flexibility index (Phi) is 10.7. The maximum atomic E-state index is 13.8. The molecule has 2 amide bonds. The van der Waals surface area contributed by atoms with Crippen molar-refractivity contribution in [3.63, 3.8) is 0 Å². The van der Waals surface area contributed by atoms with Gasteiger partial charge in [0.1, 0.15) is 12.1 Å². The maximum absolute atomic E-state index is 13.8. The van der Waals surface area contributed by atoms with Crippen LogP contribution in [0.4, 0.5) is 11.4 Å². The first-order valence-electron chi connectivity index (χ1n) is 13.5. The monoisotopic (exact) mass is 580 g/mol. The molecule has 1 aliphatic carbocycles. The third-order valence-corrected chi connectivity index (χ3v) is 6.83. The fourth-order valence-electron chi connectivity index (χ4n) is 4.68. The van der Waals surface area contributed by atoms with E-state index in [9.17, 15) is 28.8 Å². The standard InChI is InChI=1S/C30H36N4O8/c1-15(2)25(29(39)41-5)31-13-21(35)33-19-11-7-9-17-23(19)28(38)24-18(27(17)37)10-8-12-20(24)34-22(36)14-32-26(16(3)4)30(40)42-6/h7-12,15-16,25-26,31-32H,13-14H2,1-6H3,(H,33,35)(H,34,36)/t25-,26-/m0/s1. The Morgan fingerprint density at radius 2 is 1.02 bits per heavy atom. The van der Waals surface area contributed by atoms with Crippen LogP contribution >= 0.6 is 0 Å². The predicted octanol–water partition coefficient (Wildman–Crippen LogP) is 1.91. The summed E-state index contributed by atoms with van der Waals surface area (Å²) in [6.07, 6.45) is 0. The molecule has 0 aromatic heterocycles. The second kappa shape index (κ2) is 14.0. The predicted molar refractivity (Wildman–Crippen MR) is 154 cm³/mol. The van der Waals surface area contributed by atoms with Gasteiger partial charge < -0.3 is 20.1 Å². The molecule has 4 N–H and O–H groups in total. The van der Waals surface area contributed by atoms with E-state index < -0.39 is 47.4 Å². The van der Waals surface area contributed by atoms with E-state index in [4.69, 9.17) is 9.47 Å². The topological polar surface area (TPSA) is 169 Å². The largest absolute Gasteiger partial charge is 0.468 e. The second-order valence-corrected chi connectivity index (χ2v) is 10.5. The van der Waals surface area contributed by atoms with E-state index in [2.05, 4.69) is 21.3 Å². The molecule has 12 heteroatoms. The molecule has 0 heterocycles. The van der Waals surface area contributed by atoms with Crippen molar-refractivity contribution in [3.8, 4) is 0 Å². The van der Waals surface area contributed by atoms with Gasteiger partial charge in [0.2, 0.25) is 11.8 Å². The van der Waals surface area contributed by atoms with Crippen molar-refractivity contribution in [2.75, 3.05) is 37.9 Å². The lowest BCUT2D eigenvalue weighted by molar-refractivity contribution is -0.145. The summed E-state index contributed by atoms with van der Waals surface area (Å²) >= 11 is 0. The van der Waals surface area contributed by atoms with Gasteiger partial charge in [-0.05, 0) is 24.0 Å². The number of ether oxygens (including phenoxy) is 2. The van der Waals surface area contributed by atoms with E-state index in [0.29, 0.717) is 0 Å². The molecular weight excluding hydrogens is 544 g/mol. The number of rotatable bonds is 12. The van der Waals surface area contributed by atoms with E-state index in [-0.39, 0.29) is 58.6 Å². The Morgan fingerprint density at radius 1 is 0.643 bits per heavy atom. The number of esters is 2. The number of carbonyl (C=O) groups excluding carboxylic acids is 6. The molecule has 3 rings (SSSR count). The first-order chi connectivity index (χ1) is 19.9. The van der Waals surface area contributed by atoms with Crippen LogP contribution < -0.4 is 21.3 Å². The molecule has 0 saturated carbocycles. The molecule has 0 unspecified atom stereocenters. The number of benzene rings is 2. The number of amides is 2. The summed E-state index contributed by atoms with van der Waals surface area (Å²) in [6, 6.07) is 7.64. The van der Waals surface area contributed by atoms with Crippen molar-refractivity contribution in [1.29, 1.82) is 0 Å². The molecule has 0 spiro atoms. The minimum atomic E-state index is -0.718. The second-order valence-electron chi connectivity index (χ2n) is 10.5. The van der Waals surface area contributed by atoms with E-state index in [1.165, 1.54) is 38.5 Å². The SMILES string of the molecule is COC(=O)[C@@H](NCC(=O)Nc1cccc2c1C(=O)c1c(NC(=O)CN[C@H](C(=O)OC)C(C)C)cccc1C2=O)C(C)C. The summed E-state index contributed by atoms with van der Waals surface area (Å²) in [7, 11) is 2.52. The lowest BCUT2D eigenvalue weighted by Crippen LogP contribution is -2.45. The van der Waals surface area contributed by atoms with Crippen LogP contribution in [0.15, 0.2) is 36.4 Å². The lowest BCUT2D eigenvalue weighted by Gasteiger charge is -2.23. The highest BCUT2D eigenvalue weighted by Crippen LogP contribution is 2.35. The zero-order chi connectivity index (χ0) is 31.1. The van der Waals surface area contributed by atoms with Gasteiger partial charge in [0.05, 0.1) is 49.8 Å². The average Bonchev–Trinajstić information content (AvgIpc) is 2.95. The summed E-state index contributed by atoms with van der Waals surface area (Å²) in [6.45, 7) is 6.70. The van der Waals surface area contributed by atoms with Crippen LogP contribution in [0.1, 0.15) is 59.5 Å². The Hall–Kier alpha value is -4.42. The molecule has 0 radical (unpaired) electrons. The molecule has 1 aliphatic rings. The van der Waals surface area contributed by atoms with Crippen LogP contribution in [0.25, 0.3) is 0 Å². The summed E-state index contributed by atoms with van der Waals surface area (Å²) in [5.41, 5.74) is 0.419. The van der Waals surface area contributed by atoms with Crippen molar-refractivity contribution >= 4 is 46.7 Å². The van der Waals surface area contributed by atoms with E-state index >= 15 is 0 Å². The molecule has 2 atom stereocenters. The van der Waals surface area contributed by atoms with Crippen molar-refractivity contribution in [2.45, 2.75) is 39.8 Å². The number of fused-ring (bicyclic) bond motifs is 2. The van der Waals surface area contributed by atoms with Crippen LogP contribution in [0.5, 0.6) is 0 Å². The number of hydrogen-bond acceptors (Lipinski definition) is 10. The number of hydrogen-bond donors (Lipinski definition) is 4. The minimum Gasteiger partial charge on any atom is -0.468 e. The molecule has 0 fully saturated rings. The number of ketones is 2. The Balaban J connectivity index is 1.83. The normalized spacial score (nSPS) is 13.6. The lowest BCUT2D eigenvalue weighted by atomic mass is 9.82. The molecule has 0 aliphatic heterocycles. The van der Waals surface area contributed by atoms with Gasteiger partial charge in [-0.2, -0.15) is 0 Å². The molecule has 0 bridgehead atoms.